The minimum Gasteiger partial charge on any atom is -0.124 e. The molecule has 0 nitrogen and oxygen atoms in total. The second kappa shape index (κ2) is 7.43. The van der Waals surface area contributed by atoms with Gasteiger partial charge in [0.2, 0.25) is 0 Å². The summed E-state index contributed by atoms with van der Waals surface area (Å²) in [7, 11) is 0. The van der Waals surface area contributed by atoms with Crippen molar-refractivity contribution in [1.29, 1.82) is 0 Å². The third-order valence-electron chi connectivity index (χ3n) is 2.01. The summed E-state index contributed by atoms with van der Waals surface area (Å²) in [4.78, 5) is 0. The van der Waals surface area contributed by atoms with E-state index in [9.17, 15) is 0 Å². The Morgan fingerprint density at radius 1 is 1.46 bits per heavy atom. The number of allylic oxidation sites excluding steroid dienone is 6. The first-order chi connectivity index (χ1) is 6.34. The van der Waals surface area contributed by atoms with Crippen LogP contribution >= 0.6 is 0 Å². The molecule has 0 aliphatic heterocycles. The molecule has 0 bridgehead atoms. The van der Waals surface area contributed by atoms with Crippen LogP contribution in [0.2, 0.25) is 0 Å². The molecule has 1 rings (SSSR count). The van der Waals surface area contributed by atoms with Gasteiger partial charge in [0, 0.05) is 0 Å². The van der Waals surface area contributed by atoms with Crippen LogP contribution in [0.5, 0.6) is 0 Å². The van der Waals surface area contributed by atoms with E-state index >= 15 is 0 Å². The van der Waals surface area contributed by atoms with Gasteiger partial charge in [0.25, 0.3) is 0 Å². The van der Waals surface area contributed by atoms with Crippen LogP contribution in [-0.4, -0.2) is 0 Å². The van der Waals surface area contributed by atoms with Gasteiger partial charge in [-0.1, -0.05) is 36.8 Å². The maximum atomic E-state index is 4.00. The van der Waals surface area contributed by atoms with Crippen LogP contribution in [0.15, 0.2) is 35.5 Å². The molecule has 0 saturated heterocycles. The van der Waals surface area contributed by atoms with Crippen molar-refractivity contribution in [3.8, 4) is 12.8 Å². The van der Waals surface area contributed by atoms with Gasteiger partial charge in [-0.15, -0.1) is 12.8 Å². The molecule has 0 atom stereocenters. The Morgan fingerprint density at radius 3 is 2.69 bits per heavy atom. The van der Waals surface area contributed by atoms with Crippen molar-refractivity contribution in [3.05, 3.63) is 35.5 Å². The third-order valence-corrected chi connectivity index (χ3v) is 2.01. The average Bonchev–Trinajstić information content (AvgIpc) is 2.20. The number of hydrogen-bond donors (Lipinski definition) is 0. The second-order valence-corrected chi connectivity index (χ2v) is 2.99. The summed E-state index contributed by atoms with van der Waals surface area (Å²) in [6, 6.07) is 0. The largest absolute Gasteiger partial charge is 0.124 e. The predicted octanol–water partition coefficient (Wildman–Crippen LogP) is 3.87. The smallest absolute Gasteiger partial charge is 0.0274 e. The summed E-state index contributed by atoms with van der Waals surface area (Å²) in [6.07, 6.45) is 20.5. The Balaban J connectivity index is 0.000000671. The van der Waals surface area contributed by atoms with E-state index in [2.05, 4.69) is 51.0 Å². The molecule has 0 aromatic rings. The van der Waals surface area contributed by atoms with Gasteiger partial charge in [-0.05, 0) is 31.8 Å². The number of hydrogen-bond acceptors (Lipinski definition) is 0. The van der Waals surface area contributed by atoms with Crippen LogP contribution in [0, 0.1) is 12.8 Å². The van der Waals surface area contributed by atoms with Crippen LogP contribution in [0.4, 0.5) is 0 Å². The van der Waals surface area contributed by atoms with E-state index in [4.69, 9.17) is 0 Å². The topological polar surface area (TPSA) is 0 Å². The van der Waals surface area contributed by atoms with Crippen molar-refractivity contribution in [2.24, 2.45) is 0 Å². The fraction of sp³-hybridized carbons (Fsp3) is 0.385. The molecule has 0 N–H and O–H groups in total. The molecule has 0 heteroatoms. The highest BCUT2D eigenvalue weighted by atomic mass is 14.0. The zero-order valence-electron chi connectivity index (χ0n) is 8.59. The quantitative estimate of drug-likeness (QED) is 0.557. The van der Waals surface area contributed by atoms with Gasteiger partial charge in [0.15, 0.2) is 0 Å². The highest BCUT2D eigenvalue weighted by molar-refractivity contribution is 5.37. The van der Waals surface area contributed by atoms with E-state index in [1.54, 1.807) is 0 Å². The Labute approximate surface area is 82.0 Å². The lowest BCUT2D eigenvalue weighted by atomic mass is 9.99. The fourth-order valence-electron chi connectivity index (χ4n) is 1.24. The lowest BCUT2D eigenvalue weighted by molar-refractivity contribution is 0.948. The first kappa shape index (κ1) is 11.8. The molecule has 1 aliphatic carbocycles. The number of rotatable bonds is 2. The standard InChI is InChI=1S/C11H16.C2H2/c1-3-4-8-11-9-6-5-7-10(11)2;1-2/h4,6,8-9H,3,5,7H2,1-2H3;1-2H/b8-4-;. The molecule has 13 heavy (non-hydrogen) atoms. The molecule has 0 saturated carbocycles. The fourth-order valence-corrected chi connectivity index (χ4v) is 1.24. The predicted molar refractivity (Wildman–Crippen MR) is 60.4 cm³/mol. The lowest BCUT2D eigenvalue weighted by Gasteiger charge is -2.07. The molecule has 0 amide bonds. The summed E-state index contributed by atoms with van der Waals surface area (Å²) < 4.78 is 0. The van der Waals surface area contributed by atoms with Crippen molar-refractivity contribution in [3.63, 3.8) is 0 Å². The molecule has 0 aromatic carbocycles. The van der Waals surface area contributed by atoms with Gasteiger partial charge in [0.1, 0.15) is 0 Å². The maximum Gasteiger partial charge on any atom is -0.0274 e. The zero-order chi connectivity index (χ0) is 10.1. The zero-order valence-corrected chi connectivity index (χ0v) is 8.59. The summed E-state index contributed by atoms with van der Waals surface area (Å²) in [5, 5.41) is 0. The first-order valence-corrected chi connectivity index (χ1v) is 4.70. The highest BCUT2D eigenvalue weighted by Gasteiger charge is 1.98. The van der Waals surface area contributed by atoms with Gasteiger partial charge >= 0.3 is 0 Å². The molecule has 0 aromatic heterocycles. The second-order valence-electron chi connectivity index (χ2n) is 2.99. The van der Waals surface area contributed by atoms with E-state index in [0.29, 0.717) is 0 Å². The molecular formula is C13H18. The minimum atomic E-state index is 1.13. The molecule has 0 spiro atoms. The van der Waals surface area contributed by atoms with Crippen molar-refractivity contribution in [1.82, 2.24) is 0 Å². The Bertz CT molecular complexity index is 236. The van der Waals surface area contributed by atoms with Gasteiger partial charge in [-0.3, -0.25) is 0 Å². The normalized spacial score (nSPS) is 15.7. The van der Waals surface area contributed by atoms with Crippen molar-refractivity contribution in [2.75, 3.05) is 0 Å². The summed E-state index contributed by atoms with van der Waals surface area (Å²) in [5.74, 6) is 0. The third kappa shape index (κ3) is 4.38. The van der Waals surface area contributed by atoms with E-state index < -0.39 is 0 Å². The lowest BCUT2D eigenvalue weighted by Crippen LogP contribution is -1.87. The Hall–Kier alpha value is -1.22. The van der Waals surface area contributed by atoms with Crippen molar-refractivity contribution in [2.45, 2.75) is 33.1 Å². The van der Waals surface area contributed by atoms with Crippen molar-refractivity contribution >= 4 is 0 Å². The molecule has 0 heterocycles. The Morgan fingerprint density at radius 2 is 2.15 bits per heavy atom. The number of terminal acetylenes is 1. The maximum absolute atomic E-state index is 4.00. The van der Waals surface area contributed by atoms with E-state index in [1.807, 2.05) is 0 Å². The first-order valence-electron chi connectivity index (χ1n) is 4.70. The Kier molecular flexibility index (Phi) is 6.73. The minimum absolute atomic E-state index is 1.13. The van der Waals surface area contributed by atoms with Gasteiger partial charge in [0.05, 0.1) is 0 Å². The summed E-state index contributed by atoms with van der Waals surface area (Å²) >= 11 is 0. The van der Waals surface area contributed by atoms with Gasteiger partial charge < -0.3 is 0 Å². The van der Waals surface area contributed by atoms with Gasteiger partial charge in [-0.2, -0.15) is 0 Å². The van der Waals surface area contributed by atoms with Gasteiger partial charge in [-0.25, -0.2) is 0 Å². The van der Waals surface area contributed by atoms with E-state index in [1.165, 1.54) is 24.0 Å². The molecule has 0 fully saturated rings. The van der Waals surface area contributed by atoms with Crippen LogP contribution in [0.3, 0.4) is 0 Å². The molecular weight excluding hydrogens is 156 g/mol. The van der Waals surface area contributed by atoms with Crippen molar-refractivity contribution < 1.29 is 0 Å². The molecule has 1 aliphatic rings. The molecule has 0 unspecified atom stereocenters. The molecule has 70 valence electrons. The highest BCUT2D eigenvalue weighted by Crippen LogP contribution is 2.18. The average molecular weight is 174 g/mol. The monoisotopic (exact) mass is 174 g/mol. The van der Waals surface area contributed by atoms with Crippen LogP contribution in [0.25, 0.3) is 0 Å². The van der Waals surface area contributed by atoms with Crippen LogP contribution in [0.1, 0.15) is 33.1 Å². The van der Waals surface area contributed by atoms with Crippen LogP contribution < -0.4 is 0 Å². The summed E-state index contributed by atoms with van der Waals surface area (Å²) in [5.41, 5.74) is 2.94. The SMILES string of the molecule is C#C.CC/C=C\C1=C(C)CCC=C1. The van der Waals surface area contributed by atoms with E-state index in [-0.39, 0.29) is 0 Å². The van der Waals surface area contributed by atoms with E-state index in [0.717, 1.165) is 6.42 Å². The summed E-state index contributed by atoms with van der Waals surface area (Å²) in [6.45, 7) is 4.39. The molecule has 0 radical (unpaired) electrons. The van der Waals surface area contributed by atoms with Crippen LogP contribution in [-0.2, 0) is 0 Å².